The molecule has 2 rings (SSSR count). The van der Waals surface area contributed by atoms with Gasteiger partial charge >= 0.3 is 0 Å². The lowest BCUT2D eigenvalue weighted by Crippen LogP contribution is -2.22. The van der Waals surface area contributed by atoms with Crippen molar-refractivity contribution in [2.45, 2.75) is 0 Å². The Morgan fingerprint density at radius 1 is 1.26 bits per heavy atom. The van der Waals surface area contributed by atoms with E-state index in [4.69, 9.17) is 4.74 Å². The van der Waals surface area contributed by atoms with E-state index >= 15 is 0 Å². The number of para-hydroxylation sites is 1. The SMILES string of the molecule is COc1cc([N+](=O)[O-])ccc1NC(=O)CNc1ccccc1Br. The van der Waals surface area contributed by atoms with Crippen LogP contribution in [0.1, 0.15) is 0 Å². The summed E-state index contributed by atoms with van der Waals surface area (Å²) in [6.07, 6.45) is 0. The number of nitro groups is 1. The van der Waals surface area contributed by atoms with Crippen molar-refractivity contribution < 1.29 is 14.5 Å². The first-order valence-corrected chi connectivity index (χ1v) is 7.41. The number of carbonyl (C=O) groups excluding carboxylic acids is 1. The Morgan fingerprint density at radius 3 is 2.65 bits per heavy atom. The lowest BCUT2D eigenvalue weighted by Gasteiger charge is -2.11. The van der Waals surface area contributed by atoms with Gasteiger partial charge in [0.15, 0.2) is 0 Å². The van der Waals surface area contributed by atoms with Crippen LogP contribution < -0.4 is 15.4 Å². The largest absolute Gasteiger partial charge is 0.494 e. The Labute approximate surface area is 140 Å². The summed E-state index contributed by atoms with van der Waals surface area (Å²) in [6, 6.07) is 11.4. The van der Waals surface area contributed by atoms with E-state index < -0.39 is 4.92 Å². The second-order valence-corrected chi connectivity index (χ2v) is 5.38. The summed E-state index contributed by atoms with van der Waals surface area (Å²) in [5.74, 6) is -0.0682. The van der Waals surface area contributed by atoms with E-state index in [1.807, 2.05) is 24.3 Å². The summed E-state index contributed by atoms with van der Waals surface area (Å²) in [5.41, 5.74) is 1.06. The fourth-order valence-electron chi connectivity index (χ4n) is 1.87. The Hall–Kier alpha value is -2.61. The van der Waals surface area contributed by atoms with E-state index in [-0.39, 0.29) is 23.9 Å². The van der Waals surface area contributed by atoms with Gasteiger partial charge in [-0.1, -0.05) is 12.1 Å². The third-order valence-electron chi connectivity index (χ3n) is 2.98. The number of ether oxygens (including phenoxy) is 1. The number of rotatable bonds is 6. The van der Waals surface area contributed by atoms with Crippen LogP contribution >= 0.6 is 15.9 Å². The first kappa shape index (κ1) is 16.8. The molecule has 0 bridgehead atoms. The van der Waals surface area contributed by atoms with Crippen molar-refractivity contribution in [1.29, 1.82) is 0 Å². The van der Waals surface area contributed by atoms with Gasteiger partial charge in [0.05, 0.1) is 30.3 Å². The standard InChI is InChI=1S/C15H14BrN3O4/c1-23-14-8-10(19(21)22)6-7-13(14)18-15(20)9-17-12-5-3-2-4-11(12)16/h2-8,17H,9H2,1H3,(H,18,20). The van der Waals surface area contributed by atoms with Gasteiger partial charge in [0.1, 0.15) is 5.75 Å². The van der Waals surface area contributed by atoms with Gasteiger partial charge in [-0.15, -0.1) is 0 Å². The number of halogens is 1. The average Bonchev–Trinajstić information content (AvgIpc) is 2.54. The zero-order chi connectivity index (χ0) is 16.8. The minimum atomic E-state index is -0.525. The molecule has 2 aromatic carbocycles. The first-order valence-electron chi connectivity index (χ1n) is 6.62. The number of benzene rings is 2. The normalized spacial score (nSPS) is 10.0. The van der Waals surface area contributed by atoms with E-state index in [0.717, 1.165) is 10.2 Å². The highest BCUT2D eigenvalue weighted by molar-refractivity contribution is 9.10. The molecule has 2 aromatic rings. The lowest BCUT2D eigenvalue weighted by atomic mass is 10.2. The highest BCUT2D eigenvalue weighted by Crippen LogP contribution is 2.29. The molecule has 23 heavy (non-hydrogen) atoms. The molecule has 0 aliphatic carbocycles. The lowest BCUT2D eigenvalue weighted by molar-refractivity contribution is -0.384. The van der Waals surface area contributed by atoms with Crippen LogP contribution in [-0.4, -0.2) is 24.5 Å². The van der Waals surface area contributed by atoms with Crippen molar-refractivity contribution in [3.8, 4) is 5.75 Å². The molecule has 7 nitrogen and oxygen atoms in total. The average molecular weight is 380 g/mol. The predicted octanol–water partition coefficient (Wildman–Crippen LogP) is 3.42. The highest BCUT2D eigenvalue weighted by atomic mass is 79.9. The monoisotopic (exact) mass is 379 g/mol. The number of methoxy groups -OCH3 is 1. The molecule has 0 heterocycles. The Bertz CT molecular complexity index is 736. The molecule has 0 unspecified atom stereocenters. The van der Waals surface area contributed by atoms with Gasteiger partial charge in [-0.25, -0.2) is 0 Å². The van der Waals surface area contributed by atoms with Crippen LogP contribution in [0.15, 0.2) is 46.9 Å². The van der Waals surface area contributed by atoms with Crippen LogP contribution in [0.3, 0.4) is 0 Å². The molecule has 0 radical (unpaired) electrons. The number of nitrogens with one attached hydrogen (secondary N) is 2. The molecule has 120 valence electrons. The minimum Gasteiger partial charge on any atom is -0.494 e. The molecule has 0 fully saturated rings. The zero-order valence-electron chi connectivity index (χ0n) is 12.2. The number of hydrogen-bond acceptors (Lipinski definition) is 5. The van der Waals surface area contributed by atoms with Gasteiger partial charge in [-0.3, -0.25) is 14.9 Å². The van der Waals surface area contributed by atoms with Gasteiger partial charge in [0.25, 0.3) is 5.69 Å². The Kier molecular flexibility index (Phi) is 5.53. The summed E-state index contributed by atoms with van der Waals surface area (Å²) >= 11 is 3.38. The molecule has 0 spiro atoms. The van der Waals surface area contributed by atoms with Crippen LogP contribution in [-0.2, 0) is 4.79 Å². The first-order chi connectivity index (χ1) is 11.0. The smallest absolute Gasteiger partial charge is 0.273 e. The molecule has 2 N–H and O–H groups in total. The number of hydrogen-bond donors (Lipinski definition) is 2. The van der Waals surface area contributed by atoms with Crippen molar-refractivity contribution in [2.75, 3.05) is 24.3 Å². The topological polar surface area (TPSA) is 93.5 Å². The summed E-state index contributed by atoms with van der Waals surface area (Å²) in [7, 11) is 1.38. The predicted molar refractivity (Wildman–Crippen MR) is 90.9 cm³/mol. The van der Waals surface area contributed by atoms with Crippen molar-refractivity contribution in [3.05, 3.63) is 57.1 Å². The molecule has 8 heteroatoms. The molecule has 0 aliphatic heterocycles. The summed E-state index contributed by atoms with van der Waals surface area (Å²) in [4.78, 5) is 22.2. The number of non-ortho nitro benzene ring substituents is 1. The molecule has 0 saturated heterocycles. The summed E-state index contributed by atoms with van der Waals surface area (Å²) < 4.78 is 5.92. The molecule has 1 amide bonds. The summed E-state index contributed by atoms with van der Waals surface area (Å²) in [5, 5.41) is 16.4. The zero-order valence-corrected chi connectivity index (χ0v) is 13.8. The highest BCUT2D eigenvalue weighted by Gasteiger charge is 2.13. The fraction of sp³-hybridized carbons (Fsp3) is 0.133. The number of carbonyl (C=O) groups is 1. The number of nitro benzene ring substituents is 1. The van der Waals surface area contributed by atoms with Gasteiger partial charge in [-0.05, 0) is 34.1 Å². The fourth-order valence-corrected chi connectivity index (χ4v) is 2.30. The third-order valence-corrected chi connectivity index (χ3v) is 3.67. The maximum atomic E-state index is 12.0. The number of nitrogens with zero attached hydrogens (tertiary/aromatic N) is 1. The second kappa shape index (κ2) is 7.59. The van der Waals surface area contributed by atoms with E-state index in [1.54, 1.807) is 0 Å². The molecule has 0 aromatic heterocycles. The summed E-state index contributed by atoms with van der Waals surface area (Å²) in [6.45, 7) is 0.0444. The van der Waals surface area contributed by atoms with Crippen LogP contribution in [0.25, 0.3) is 0 Å². The minimum absolute atomic E-state index is 0.0444. The van der Waals surface area contributed by atoms with Gasteiger partial charge in [0, 0.05) is 16.2 Å². The molecule has 0 saturated carbocycles. The van der Waals surface area contributed by atoms with Crippen LogP contribution in [0.2, 0.25) is 0 Å². The maximum absolute atomic E-state index is 12.0. The van der Waals surface area contributed by atoms with E-state index in [2.05, 4.69) is 26.6 Å². The van der Waals surface area contributed by atoms with Crippen LogP contribution in [0, 0.1) is 10.1 Å². The molecular weight excluding hydrogens is 366 g/mol. The van der Waals surface area contributed by atoms with Gasteiger partial charge in [0.2, 0.25) is 5.91 Å². The van der Waals surface area contributed by atoms with Crippen molar-refractivity contribution >= 4 is 38.9 Å². The molecule has 0 atom stereocenters. The Balaban J connectivity index is 2.03. The maximum Gasteiger partial charge on any atom is 0.273 e. The van der Waals surface area contributed by atoms with Gasteiger partial charge < -0.3 is 15.4 Å². The quantitative estimate of drug-likeness (QED) is 0.592. The second-order valence-electron chi connectivity index (χ2n) is 4.52. The third kappa shape index (κ3) is 4.43. The molecular formula is C15H14BrN3O4. The van der Waals surface area contributed by atoms with E-state index in [0.29, 0.717) is 5.69 Å². The van der Waals surface area contributed by atoms with Gasteiger partial charge in [-0.2, -0.15) is 0 Å². The van der Waals surface area contributed by atoms with Crippen molar-refractivity contribution in [2.24, 2.45) is 0 Å². The van der Waals surface area contributed by atoms with Crippen LogP contribution in [0.4, 0.5) is 17.1 Å². The van der Waals surface area contributed by atoms with E-state index in [1.165, 1.54) is 25.3 Å². The number of anilines is 2. The number of amides is 1. The Morgan fingerprint density at radius 2 is 2.00 bits per heavy atom. The van der Waals surface area contributed by atoms with E-state index in [9.17, 15) is 14.9 Å². The van der Waals surface area contributed by atoms with Crippen LogP contribution in [0.5, 0.6) is 5.75 Å². The van der Waals surface area contributed by atoms with Crippen molar-refractivity contribution in [3.63, 3.8) is 0 Å². The molecule has 0 aliphatic rings. The van der Waals surface area contributed by atoms with Crippen molar-refractivity contribution in [1.82, 2.24) is 0 Å².